The van der Waals surface area contributed by atoms with E-state index in [0.717, 1.165) is 0 Å². The summed E-state index contributed by atoms with van der Waals surface area (Å²) in [5.41, 5.74) is 5.79. The van der Waals surface area contributed by atoms with Gasteiger partial charge in [-0.2, -0.15) is 4.98 Å². The fraction of sp³-hybridized carbons (Fsp3) is 0.533. The molecule has 1 aliphatic rings. The van der Waals surface area contributed by atoms with E-state index in [0.29, 0.717) is 12.1 Å². The molecule has 134 valence electrons. The number of ether oxygens (including phenoxy) is 2. The van der Waals surface area contributed by atoms with Crippen LogP contribution in [0.25, 0.3) is 11.2 Å². The molecule has 3 atom stereocenters. The van der Waals surface area contributed by atoms with Crippen LogP contribution in [0.4, 0.5) is 5.95 Å². The minimum Gasteiger partial charge on any atom is -0.466 e. The molecule has 2 aromatic heterocycles. The van der Waals surface area contributed by atoms with Gasteiger partial charge in [-0.1, -0.05) is 0 Å². The number of carbonyl (C=O) groups excluding carboxylic acids is 2. The number of anilines is 1. The number of H-pyrrole nitrogens is 1. The maximum absolute atomic E-state index is 11.9. The molecule has 0 aliphatic heterocycles. The van der Waals surface area contributed by atoms with E-state index >= 15 is 0 Å². The van der Waals surface area contributed by atoms with Gasteiger partial charge in [0.25, 0.3) is 5.56 Å². The summed E-state index contributed by atoms with van der Waals surface area (Å²) < 4.78 is 12.0. The highest BCUT2D eigenvalue weighted by atomic mass is 16.5. The van der Waals surface area contributed by atoms with Crippen molar-refractivity contribution < 1.29 is 19.1 Å². The van der Waals surface area contributed by atoms with Crippen LogP contribution in [0.15, 0.2) is 11.1 Å². The van der Waals surface area contributed by atoms with E-state index in [1.807, 2.05) is 0 Å². The van der Waals surface area contributed by atoms with Gasteiger partial charge >= 0.3 is 11.9 Å². The lowest BCUT2D eigenvalue weighted by molar-refractivity contribution is -0.152. The quantitative estimate of drug-likeness (QED) is 0.719. The van der Waals surface area contributed by atoms with E-state index in [1.165, 1.54) is 20.2 Å². The Morgan fingerprint density at radius 2 is 2.00 bits per heavy atom. The molecule has 0 saturated heterocycles. The molecule has 2 heterocycles. The zero-order chi connectivity index (χ0) is 18.1. The van der Waals surface area contributed by atoms with Gasteiger partial charge in [-0.05, 0) is 6.42 Å². The van der Waals surface area contributed by atoms with Crippen molar-refractivity contribution in [2.75, 3.05) is 18.9 Å². The lowest BCUT2D eigenvalue weighted by atomic mass is 9.69. The minimum atomic E-state index is -0.409. The van der Waals surface area contributed by atoms with Crippen LogP contribution in [0, 0.1) is 11.8 Å². The van der Waals surface area contributed by atoms with Gasteiger partial charge in [0.1, 0.15) is 0 Å². The maximum Gasteiger partial charge on any atom is 0.302 e. The van der Waals surface area contributed by atoms with E-state index in [-0.39, 0.29) is 54.5 Å². The van der Waals surface area contributed by atoms with Gasteiger partial charge < -0.3 is 19.8 Å². The number of nitrogens with two attached hydrogens (primary N) is 1. The zero-order valence-electron chi connectivity index (χ0n) is 13.9. The van der Waals surface area contributed by atoms with Crippen LogP contribution in [0.1, 0.15) is 26.3 Å². The largest absolute Gasteiger partial charge is 0.466 e. The molecule has 1 aliphatic carbocycles. The third kappa shape index (κ3) is 3.32. The highest BCUT2D eigenvalue weighted by Gasteiger charge is 2.44. The van der Waals surface area contributed by atoms with Gasteiger partial charge in [0.05, 0.1) is 19.5 Å². The zero-order valence-corrected chi connectivity index (χ0v) is 13.9. The standard InChI is InChI=1S/C15H19N5O5/c1-7(21)24-4-9-3-11(10(9)5-25-8(2)22)20-6-17-12-13(20)18-15(16)19-14(12)23/h6,9-11H,3-5H2,1-2H3,(H3,16,18,19,23)/t9-,10-,11?/m1/s1. The molecule has 0 spiro atoms. The second kappa shape index (κ2) is 6.54. The van der Waals surface area contributed by atoms with Gasteiger partial charge in [-0.3, -0.25) is 19.4 Å². The first kappa shape index (κ1) is 16.9. The van der Waals surface area contributed by atoms with Crippen LogP contribution in [0.3, 0.4) is 0 Å². The molecule has 1 saturated carbocycles. The average molecular weight is 349 g/mol. The van der Waals surface area contributed by atoms with Crippen molar-refractivity contribution in [3.63, 3.8) is 0 Å². The summed E-state index contributed by atoms with van der Waals surface area (Å²) in [4.78, 5) is 44.8. The summed E-state index contributed by atoms with van der Waals surface area (Å²) in [5, 5.41) is 0. The van der Waals surface area contributed by atoms with E-state index in [9.17, 15) is 14.4 Å². The number of carbonyl (C=O) groups is 2. The number of nitrogen functional groups attached to an aromatic ring is 1. The van der Waals surface area contributed by atoms with E-state index < -0.39 is 5.56 Å². The first-order valence-electron chi connectivity index (χ1n) is 7.86. The maximum atomic E-state index is 11.9. The summed E-state index contributed by atoms with van der Waals surface area (Å²) in [6.07, 6.45) is 2.21. The normalized spacial score (nSPS) is 22.4. The minimum absolute atomic E-state index is 0.00609. The third-order valence-electron chi connectivity index (χ3n) is 4.43. The van der Waals surface area contributed by atoms with Crippen molar-refractivity contribution in [3.05, 3.63) is 16.7 Å². The predicted molar refractivity (Wildman–Crippen MR) is 86.5 cm³/mol. The van der Waals surface area contributed by atoms with Gasteiger partial charge in [0, 0.05) is 31.7 Å². The fourth-order valence-electron chi connectivity index (χ4n) is 3.16. The molecular weight excluding hydrogens is 330 g/mol. The summed E-state index contributed by atoms with van der Waals surface area (Å²) in [6, 6.07) is -0.0846. The van der Waals surface area contributed by atoms with Crippen LogP contribution in [-0.2, 0) is 19.1 Å². The van der Waals surface area contributed by atoms with Gasteiger partial charge in [-0.25, -0.2) is 4.98 Å². The topological polar surface area (TPSA) is 142 Å². The Balaban J connectivity index is 1.86. The monoisotopic (exact) mass is 349 g/mol. The number of imidazole rings is 1. The van der Waals surface area contributed by atoms with Crippen molar-refractivity contribution >= 4 is 29.1 Å². The van der Waals surface area contributed by atoms with Crippen LogP contribution in [0.2, 0.25) is 0 Å². The Hall–Kier alpha value is -2.91. The first-order valence-corrected chi connectivity index (χ1v) is 7.86. The number of aromatic amines is 1. The molecule has 1 fully saturated rings. The number of fused-ring (bicyclic) bond motifs is 1. The van der Waals surface area contributed by atoms with Gasteiger partial charge in [0.15, 0.2) is 11.2 Å². The van der Waals surface area contributed by atoms with Crippen LogP contribution >= 0.6 is 0 Å². The third-order valence-corrected chi connectivity index (χ3v) is 4.43. The summed E-state index contributed by atoms with van der Waals surface area (Å²) >= 11 is 0. The Morgan fingerprint density at radius 3 is 2.68 bits per heavy atom. The van der Waals surface area contributed by atoms with Crippen molar-refractivity contribution in [2.45, 2.75) is 26.3 Å². The molecular formula is C15H19N5O5. The number of aromatic nitrogens is 4. The van der Waals surface area contributed by atoms with Gasteiger partial charge in [-0.15, -0.1) is 0 Å². The van der Waals surface area contributed by atoms with Crippen LogP contribution in [0.5, 0.6) is 0 Å². The van der Waals surface area contributed by atoms with Crippen LogP contribution in [-0.4, -0.2) is 44.7 Å². The molecule has 25 heavy (non-hydrogen) atoms. The molecule has 3 N–H and O–H groups in total. The molecule has 10 nitrogen and oxygen atoms in total. The van der Waals surface area contributed by atoms with Crippen molar-refractivity contribution in [1.29, 1.82) is 0 Å². The summed E-state index contributed by atoms with van der Waals surface area (Å²) in [6.45, 7) is 3.12. The van der Waals surface area contributed by atoms with E-state index in [1.54, 1.807) is 4.57 Å². The Morgan fingerprint density at radius 1 is 1.32 bits per heavy atom. The number of esters is 2. The number of nitrogens with zero attached hydrogens (tertiary/aromatic N) is 3. The average Bonchev–Trinajstić information content (AvgIpc) is 2.89. The predicted octanol–water partition coefficient (Wildman–Crippen LogP) is 0.00520. The van der Waals surface area contributed by atoms with Crippen molar-refractivity contribution in [3.8, 4) is 0 Å². The number of rotatable bonds is 5. The molecule has 0 bridgehead atoms. The number of nitrogens with one attached hydrogen (secondary N) is 1. The molecule has 10 heteroatoms. The lowest BCUT2D eigenvalue weighted by Crippen LogP contribution is -2.44. The highest BCUT2D eigenvalue weighted by molar-refractivity contribution is 5.70. The van der Waals surface area contributed by atoms with Crippen LogP contribution < -0.4 is 11.3 Å². The van der Waals surface area contributed by atoms with Gasteiger partial charge in [0.2, 0.25) is 5.95 Å². The van der Waals surface area contributed by atoms with Crippen molar-refractivity contribution in [1.82, 2.24) is 19.5 Å². The molecule has 3 rings (SSSR count). The lowest BCUT2D eigenvalue weighted by Gasteiger charge is -2.44. The van der Waals surface area contributed by atoms with Crippen molar-refractivity contribution in [2.24, 2.45) is 11.8 Å². The van der Waals surface area contributed by atoms with E-state index in [2.05, 4.69) is 15.0 Å². The smallest absolute Gasteiger partial charge is 0.302 e. The summed E-state index contributed by atoms with van der Waals surface area (Å²) in [7, 11) is 0. The Kier molecular flexibility index (Phi) is 4.43. The first-order chi connectivity index (χ1) is 11.9. The number of hydrogen-bond donors (Lipinski definition) is 2. The molecule has 0 aromatic carbocycles. The fourth-order valence-corrected chi connectivity index (χ4v) is 3.16. The molecule has 0 amide bonds. The Labute approximate surface area is 142 Å². The molecule has 1 unspecified atom stereocenters. The second-order valence-electron chi connectivity index (χ2n) is 6.11. The molecule has 0 radical (unpaired) electrons. The van der Waals surface area contributed by atoms with E-state index in [4.69, 9.17) is 15.2 Å². The summed E-state index contributed by atoms with van der Waals surface area (Å²) in [5.74, 6) is -0.769. The molecule has 2 aromatic rings. The Bertz CT molecular complexity index is 873. The SMILES string of the molecule is CC(=O)OC[C@H]1CC(n2cnc3c(=O)[nH]c(N)nc32)[C@@H]1COC(C)=O. The second-order valence-corrected chi connectivity index (χ2v) is 6.11. The highest BCUT2D eigenvalue weighted by Crippen LogP contribution is 2.45. The number of hydrogen-bond acceptors (Lipinski definition) is 8.